The van der Waals surface area contributed by atoms with Gasteiger partial charge in [-0.05, 0) is 24.3 Å². The normalized spacial score (nSPS) is 11.2. The number of carbonyl (C=O) groups excluding carboxylic acids is 1. The number of nitrogens with one attached hydrogen (secondary N) is 1. The van der Waals surface area contributed by atoms with Crippen molar-refractivity contribution >= 4 is 28.9 Å². The highest BCUT2D eigenvalue weighted by Gasteiger charge is 2.24. The van der Waals surface area contributed by atoms with Crippen molar-refractivity contribution in [2.45, 2.75) is 0 Å². The van der Waals surface area contributed by atoms with E-state index in [-0.39, 0.29) is 17.2 Å². The summed E-state index contributed by atoms with van der Waals surface area (Å²) in [6.45, 7) is 0. The van der Waals surface area contributed by atoms with Gasteiger partial charge in [-0.3, -0.25) is 9.78 Å². The largest absolute Gasteiger partial charge is 0.464 e. The van der Waals surface area contributed by atoms with Crippen LogP contribution in [0.5, 0.6) is 0 Å². The highest BCUT2D eigenvalue weighted by atomic mass is 16.4. The zero-order chi connectivity index (χ0) is 21.9. The molecule has 0 radical (unpaired) electrons. The number of carbonyl (C=O) groups is 1. The van der Waals surface area contributed by atoms with Crippen LogP contribution in [0.25, 0.3) is 33.7 Å². The Kier molecular flexibility index (Phi) is 4.93. The number of nitrogen functional groups attached to an aromatic ring is 1. The van der Waals surface area contributed by atoms with Crippen molar-refractivity contribution in [1.82, 2.24) is 15.4 Å². The van der Waals surface area contributed by atoms with Gasteiger partial charge in [0.05, 0.1) is 29.2 Å². The van der Waals surface area contributed by atoms with E-state index in [0.29, 0.717) is 22.4 Å². The van der Waals surface area contributed by atoms with E-state index in [1.54, 1.807) is 30.8 Å². The molecular weight excluding hydrogens is 406 g/mol. The smallest absolute Gasteiger partial charge is 0.309 e. The predicted molar refractivity (Wildman–Crippen MR) is 121 cm³/mol. The summed E-state index contributed by atoms with van der Waals surface area (Å²) in [7, 11) is 0. The van der Waals surface area contributed by atoms with Crippen LogP contribution < -0.4 is 11.2 Å². The van der Waals surface area contributed by atoms with Gasteiger partial charge in [0, 0.05) is 29.1 Å². The molecule has 4 heterocycles. The molecule has 3 N–H and O–H groups in total. The van der Waals surface area contributed by atoms with E-state index >= 15 is 0 Å². The Hall–Kier alpha value is -4.72. The first-order valence-electron chi connectivity index (χ1n) is 9.76. The van der Waals surface area contributed by atoms with Gasteiger partial charge >= 0.3 is 5.91 Å². The molecule has 8 nitrogen and oxygen atoms in total. The van der Waals surface area contributed by atoms with E-state index in [9.17, 15) is 4.79 Å². The first-order chi connectivity index (χ1) is 15.7. The number of aromatic nitrogens is 2. The molecule has 0 atom stereocenters. The number of pyridine rings is 2. The maximum Gasteiger partial charge on any atom is 0.309 e. The van der Waals surface area contributed by atoms with E-state index in [1.807, 2.05) is 48.5 Å². The lowest BCUT2D eigenvalue weighted by Crippen LogP contribution is -2.18. The third-order valence-corrected chi connectivity index (χ3v) is 4.83. The number of hydrogen-bond acceptors (Lipinski definition) is 7. The van der Waals surface area contributed by atoms with Crippen molar-refractivity contribution < 1.29 is 13.6 Å². The Balaban J connectivity index is 1.56. The lowest BCUT2D eigenvalue weighted by atomic mass is 10.0. The number of hydrogen-bond donors (Lipinski definition) is 2. The summed E-state index contributed by atoms with van der Waals surface area (Å²) < 4.78 is 11.4. The Morgan fingerprint density at radius 1 is 1.09 bits per heavy atom. The van der Waals surface area contributed by atoms with Crippen molar-refractivity contribution in [1.29, 1.82) is 0 Å². The van der Waals surface area contributed by atoms with Gasteiger partial charge < -0.3 is 14.6 Å². The summed E-state index contributed by atoms with van der Waals surface area (Å²) >= 11 is 0. The van der Waals surface area contributed by atoms with Crippen LogP contribution >= 0.6 is 0 Å². The first-order valence-corrected chi connectivity index (χ1v) is 9.76. The van der Waals surface area contributed by atoms with Crippen LogP contribution in [-0.2, 0) is 0 Å². The number of rotatable bonds is 5. The highest BCUT2D eigenvalue weighted by Crippen LogP contribution is 2.38. The molecule has 0 aliphatic carbocycles. The highest BCUT2D eigenvalue weighted by molar-refractivity contribution is 6.10. The fourth-order valence-electron chi connectivity index (χ4n) is 3.34. The Morgan fingerprint density at radius 3 is 2.72 bits per heavy atom. The number of nitrogens with two attached hydrogens (primary N) is 1. The molecule has 5 aromatic rings. The average Bonchev–Trinajstić information content (AvgIpc) is 3.48. The lowest BCUT2D eigenvalue weighted by Gasteiger charge is -2.05. The molecule has 1 amide bonds. The third kappa shape index (κ3) is 3.61. The van der Waals surface area contributed by atoms with Crippen LogP contribution in [0.2, 0.25) is 0 Å². The fraction of sp³-hybridized carbons (Fsp3) is 0. The van der Waals surface area contributed by atoms with Crippen molar-refractivity contribution in [3.8, 4) is 22.6 Å². The SMILES string of the molecule is Nc1c(C(=O)N/N=C/c2cccnc2)oc2nc(-c3ccccc3)cc(-c3ccco3)c12. The van der Waals surface area contributed by atoms with Crippen LogP contribution in [0.1, 0.15) is 16.1 Å². The van der Waals surface area contributed by atoms with Crippen molar-refractivity contribution in [2.75, 3.05) is 5.73 Å². The zero-order valence-corrected chi connectivity index (χ0v) is 16.7. The minimum absolute atomic E-state index is 0.0751. The summed E-state index contributed by atoms with van der Waals surface area (Å²) in [4.78, 5) is 21.3. The maximum absolute atomic E-state index is 12.7. The van der Waals surface area contributed by atoms with Crippen LogP contribution in [0.15, 0.2) is 93.3 Å². The van der Waals surface area contributed by atoms with Gasteiger partial charge in [0.1, 0.15) is 5.76 Å². The number of fused-ring (bicyclic) bond motifs is 1. The molecule has 0 aliphatic heterocycles. The average molecular weight is 423 g/mol. The van der Waals surface area contributed by atoms with E-state index in [2.05, 4.69) is 20.5 Å². The van der Waals surface area contributed by atoms with Crippen LogP contribution in [0, 0.1) is 0 Å². The van der Waals surface area contributed by atoms with Gasteiger partial charge in [-0.1, -0.05) is 36.4 Å². The second kappa shape index (κ2) is 8.19. The molecule has 0 unspecified atom stereocenters. The minimum atomic E-state index is -0.590. The molecule has 0 spiro atoms. The summed E-state index contributed by atoms with van der Waals surface area (Å²) in [5.74, 6) is -0.0789. The third-order valence-electron chi connectivity index (χ3n) is 4.83. The van der Waals surface area contributed by atoms with E-state index in [4.69, 9.17) is 14.6 Å². The molecule has 0 saturated heterocycles. The quantitative estimate of drug-likeness (QED) is 0.317. The number of nitrogens with zero attached hydrogens (tertiary/aromatic N) is 3. The molecule has 0 fully saturated rings. The molecule has 0 saturated carbocycles. The van der Waals surface area contributed by atoms with Crippen molar-refractivity contribution in [3.05, 3.63) is 90.6 Å². The molecular formula is C24H17N5O3. The molecule has 8 heteroatoms. The summed E-state index contributed by atoms with van der Waals surface area (Å²) in [5, 5.41) is 4.45. The topological polar surface area (TPSA) is 120 Å². The lowest BCUT2D eigenvalue weighted by molar-refractivity contribution is 0.0930. The van der Waals surface area contributed by atoms with Gasteiger partial charge in [0.2, 0.25) is 11.5 Å². The molecule has 4 aromatic heterocycles. The maximum atomic E-state index is 12.7. The Morgan fingerprint density at radius 2 is 1.97 bits per heavy atom. The van der Waals surface area contributed by atoms with Crippen LogP contribution in [0.4, 0.5) is 5.69 Å². The number of hydrazone groups is 1. The second-order valence-electron chi connectivity index (χ2n) is 6.91. The number of anilines is 1. The van der Waals surface area contributed by atoms with E-state index < -0.39 is 5.91 Å². The fourth-order valence-corrected chi connectivity index (χ4v) is 3.34. The number of furan rings is 2. The summed E-state index contributed by atoms with van der Waals surface area (Å²) in [6.07, 6.45) is 6.32. The summed E-state index contributed by atoms with van der Waals surface area (Å²) in [6, 6.07) is 18.7. The standard InChI is InChI=1S/C24H17N5O3/c25-21-20-17(19-9-5-11-31-19)12-18(16-7-2-1-3-8-16)28-24(20)32-22(21)23(30)29-27-14-15-6-4-10-26-13-15/h1-14H,25H2,(H,29,30)/b27-14+. The molecule has 156 valence electrons. The first kappa shape index (κ1) is 19.3. The van der Waals surface area contributed by atoms with Gasteiger partial charge in [-0.15, -0.1) is 0 Å². The molecule has 1 aromatic carbocycles. The Bertz CT molecular complexity index is 1410. The molecule has 0 aliphatic rings. The molecule has 0 bridgehead atoms. The van der Waals surface area contributed by atoms with Crippen molar-refractivity contribution in [2.24, 2.45) is 5.10 Å². The zero-order valence-electron chi connectivity index (χ0n) is 16.7. The monoisotopic (exact) mass is 423 g/mol. The van der Waals surface area contributed by atoms with Gasteiger partial charge in [0.25, 0.3) is 0 Å². The van der Waals surface area contributed by atoms with Gasteiger partial charge in [-0.2, -0.15) is 5.10 Å². The number of amides is 1. The molecule has 5 rings (SSSR count). The van der Waals surface area contributed by atoms with E-state index in [0.717, 1.165) is 11.1 Å². The van der Waals surface area contributed by atoms with Crippen LogP contribution in [-0.4, -0.2) is 22.1 Å². The minimum Gasteiger partial charge on any atom is -0.464 e. The van der Waals surface area contributed by atoms with Crippen molar-refractivity contribution in [3.63, 3.8) is 0 Å². The second-order valence-corrected chi connectivity index (χ2v) is 6.91. The molecule has 32 heavy (non-hydrogen) atoms. The van der Waals surface area contributed by atoms with E-state index in [1.165, 1.54) is 6.21 Å². The van der Waals surface area contributed by atoms with Gasteiger partial charge in [0.15, 0.2) is 0 Å². The Labute approximate surface area is 182 Å². The van der Waals surface area contributed by atoms with Gasteiger partial charge in [-0.25, -0.2) is 10.4 Å². The predicted octanol–water partition coefficient (Wildman–Crippen LogP) is 4.50. The number of benzene rings is 1. The van der Waals surface area contributed by atoms with Crippen LogP contribution in [0.3, 0.4) is 0 Å². The summed E-state index contributed by atoms with van der Waals surface area (Å²) in [5.41, 5.74) is 12.1.